The van der Waals surface area contributed by atoms with Crippen molar-refractivity contribution in [3.05, 3.63) is 60.2 Å². The van der Waals surface area contributed by atoms with Crippen LogP contribution >= 0.6 is 0 Å². The molecule has 114 valence electrons. The molecule has 0 unspecified atom stereocenters. The van der Waals surface area contributed by atoms with Crippen molar-refractivity contribution in [2.24, 2.45) is 0 Å². The lowest BCUT2D eigenvalue weighted by molar-refractivity contribution is 0.0526. The molecule has 0 heterocycles. The molecule has 2 rings (SSSR count). The van der Waals surface area contributed by atoms with E-state index in [2.05, 4.69) is 5.32 Å². The standard InChI is InChI=1S/C17H18N2O3/c1-3-22-16(20)13-9-11-14(12-10-13)18-17(21)19(2)15-7-5-4-6-8-15/h4-12H,3H2,1-2H3,(H,18,21). The maximum absolute atomic E-state index is 12.2. The summed E-state index contributed by atoms with van der Waals surface area (Å²) in [6, 6.07) is 15.7. The summed E-state index contributed by atoms with van der Waals surface area (Å²) in [5, 5.41) is 2.77. The van der Waals surface area contributed by atoms with Crippen molar-refractivity contribution in [3.63, 3.8) is 0 Å². The number of nitrogens with zero attached hydrogens (tertiary/aromatic N) is 1. The monoisotopic (exact) mass is 298 g/mol. The van der Waals surface area contributed by atoms with Crippen molar-refractivity contribution in [1.82, 2.24) is 0 Å². The Hall–Kier alpha value is -2.82. The summed E-state index contributed by atoms with van der Waals surface area (Å²) in [5.74, 6) is -0.373. The minimum absolute atomic E-state index is 0.255. The Labute approximate surface area is 129 Å². The molecule has 0 atom stereocenters. The number of ether oxygens (including phenoxy) is 1. The molecule has 0 aliphatic rings. The Morgan fingerprint density at radius 1 is 1.05 bits per heavy atom. The van der Waals surface area contributed by atoms with Crippen molar-refractivity contribution in [2.75, 3.05) is 23.9 Å². The Morgan fingerprint density at radius 3 is 2.27 bits per heavy atom. The third kappa shape index (κ3) is 3.85. The average molecular weight is 298 g/mol. The van der Waals surface area contributed by atoms with E-state index in [1.807, 2.05) is 30.3 Å². The summed E-state index contributed by atoms with van der Waals surface area (Å²) in [6.07, 6.45) is 0. The van der Waals surface area contributed by atoms with Gasteiger partial charge >= 0.3 is 12.0 Å². The van der Waals surface area contributed by atoms with Crippen LogP contribution < -0.4 is 10.2 Å². The summed E-state index contributed by atoms with van der Waals surface area (Å²) in [5.41, 5.74) is 1.86. The van der Waals surface area contributed by atoms with Gasteiger partial charge in [0.1, 0.15) is 0 Å². The first-order valence-corrected chi connectivity index (χ1v) is 6.98. The van der Waals surface area contributed by atoms with Gasteiger partial charge in [0.05, 0.1) is 12.2 Å². The number of rotatable bonds is 4. The fraction of sp³-hybridized carbons (Fsp3) is 0.176. The summed E-state index contributed by atoms with van der Waals surface area (Å²) >= 11 is 0. The smallest absolute Gasteiger partial charge is 0.338 e. The second-order valence-electron chi connectivity index (χ2n) is 4.62. The van der Waals surface area contributed by atoms with Crippen LogP contribution in [0.5, 0.6) is 0 Å². The molecule has 5 nitrogen and oxygen atoms in total. The number of nitrogens with one attached hydrogen (secondary N) is 1. The molecule has 0 radical (unpaired) electrons. The van der Waals surface area contributed by atoms with Crippen LogP contribution in [0.25, 0.3) is 0 Å². The highest BCUT2D eigenvalue weighted by Crippen LogP contribution is 2.15. The van der Waals surface area contributed by atoms with Crippen molar-refractivity contribution < 1.29 is 14.3 Å². The highest BCUT2D eigenvalue weighted by Gasteiger charge is 2.11. The zero-order valence-corrected chi connectivity index (χ0v) is 12.6. The molecular formula is C17H18N2O3. The number of anilines is 2. The van der Waals surface area contributed by atoms with Gasteiger partial charge in [0.25, 0.3) is 0 Å². The molecule has 0 saturated heterocycles. The fourth-order valence-corrected chi connectivity index (χ4v) is 1.88. The van der Waals surface area contributed by atoms with Gasteiger partial charge in [-0.25, -0.2) is 9.59 Å². The molecule has 0 bridgehead atoms. The van der Waals surface area contributed by atoms with Gasteiger partial charge in [0.15, 0.2) is 0 Å². The van der Waals surface area contributed by atoms with Crippen molar-refractivity contribution >= 4 is 23.4 Å². The van der Waals surface area contributed by atoms with Crippen LogP contribution in [-0.4, -0.2) is 25.7 Å². The summed E-state index contributed by atoms with van der Waals surface area (Å²) in [7, 11) is 1.69. The molecule has 0 spiro atoms. The van der Waals surface area contributed by atoms with Gasteiger partial charge in [0.2, 0.25) is 0 Å². The number of urea groups is 1. The molecule has 0 saturated carbocycles. The number of esters is 1. The van der Waals surface area contributed by atoms with Gasteiger partial charge in [0, 0.05) is 18.4 Å². The molecule has 2 aromatic rings. The van der Waals surface area contributed by atoms with Gasteiger partial charge in [-0.3, -0.25) is 4.90 Å². The maximum atomic E-state index is 12.2. The quantitative estimate of drug-likeness (QED) is 0.878. The van der Waals surface area contributed by atoms with Crippen LogP contribution in [0, 0.1) is 0 Å². The van der Waals surface area contributed by atoms with Gasteiger partial charge in [-0.05, 0) is 43.3 Å². The van der Waals surface area contributed by atoms with Crippen LogP contribution in [0.1, 0.15) is 17.3 Å². The number of hydrogen-bond acceptors (Lipinski definition) is 3. The van der Waals surface area contributed by atoms with E-state index in [9.17, 15) is 9.59 Å². The first-order valence-electron chi connectivity index (χ1n) is 6.98. The Bertz CT molecular complexity index is 639. The number of para-hydroxylation sites is 1. The summed E-state index contributed by atoms with van der Waals surface area (Å²) in [6.45, 7) is 2.09. The van der Waals surface area contributed by atoms with E-state index in [-0.39, 0.29) is 12.0 Å². The number of carbonyl (C=O) groups excluding carboxylic acids is 2. The number of hydrogen-bond donors (Lipinski definition) is 1. The van der Waals surface area contributed by atoms with E-state index in [0.717, 1.165) is 5.69 Å². The highest BCUT2D eigenvalue weighted by atomic mass is 16.5. The largest absolute Gasteiger partial charge is 0.462 e. The molecule has 2 amide bonds. The Balaban J connectivity index is 2.01. The third-order valence-electron chi connectivity index (χ3n) is 3.10. The van der Waals surface area contributed by atoms with Gasteiger partial charge < -0.3 is 10.1 Å². The number of benzene rings is 2. The zero-order valence-electron chi connectivity index (χ0n) is 12.6. The molecule has 1 N–H and O–H groups in total. The first kappa shape index (κ1) is 15.6. The van der Waals surface area contributed by atoms with Crippen molar-refractivity contribution in [2.45, 2.75) is 6.92 Å². The lowest BCUT2D eigenvalue weighted by Gasteiger charge is -2.18. The molecule has 0 aromatic heterocycles. The average Bonchev–Trinajstić information content (AvgIpc) is 2.55. The van der Waals surface area contributed by atoms with E-state index in [4.69, 9.17) is 4.74 Å². The molecular weight excluding hydrogens is 280 g/mol. The minimum atomic E-state index is -0.373. The minimum Gasteiger partial charge on any atom is -0.462 e. The summed E-state index contributed by atoms with van der Waals surface area (Å²) < 4.78 is 4.91. The predicted molar refractivity (Wildman–Crippen MR) is 86.3 cm³/mol. The molecule has 5 heteroatoms. The van der Waals surface area contributed by atoms with Crippen LogP contribution in [0.3, 0.4) is 0 Å². The Morgan fingerprint density at radius 2 is 1.68 bits per heavy atom. The first-order chi connectivity index (χ1) is 10.6. The number of amides is 2. The topological polar surface area (TPSA) is 58.6 Å². The third-order valence-corrected chi connectivity index (χ3v) is 3.10. The van der Waals surface area contributed by atoms with E-state index >= 15 is 0 Å². The number of carbonyl (C=O) groups is 2. The second kappa shape index (κ2) is 7.26. The molecule has 0 aliphatic heterocycles. The molecule has 0 fully saturated rings. The molecule has 22 heavy (non-hydrogen) atoms. The lowest BCUT2D eigenvalue weighted by atomic mass is 10.2. The van der Waals surface area contributed by atoms with Gasteiger partial charge in [-0.15, -0.1) is 0 Å². The van der Waals surface area contributed by atoms with Gasteiger partial charge in [-0.1, -0.05) is 18.2 Å². The van der Waals surface area contributed by atoms with E-state index < -0.39 is 0 Å². The maximum Gasteiger partial charge on any atom is 0.338 e. The van der Waals surface area contributed by atoms with E-state index in [1.165, 1.54) is 4.90 Å². The normalized spacial score (nSPS) is 9.91. The van der Waals surface area contributed by atoms with E-state index in [1.54, 1.807) is 38.2 Å². The summed E-state index contributed by atoms with van der Waals surface area (Å²) in [4.78, 5) is 25.2. The zero-order chi connectivity index (χ0) is 15.9. The van der Waals surface area contributed by atoms with Crippen LogP contribution in [-0.2, 0) is 4.74 Å². The van der Waals surface area contributed by atoms with Crippen LogP contribution in [0.2, 0.25) is 0 Å². The van der Waals surface area contributed by atoms with Crippen LogP contribution in [0.15, 0.2) is 54.6 Å². The van der Waals surface area contributed by atoms with Crippen LogP contribution in [0.4, 0.5) is 16.2 Å². The predicted octanol–water partition coefficient (Wildman–Crippen LogP) is 3.53. The molecule has 2 aromatic carbocycles. The fourth-order valence-electron chi connectivity index (χ4n) is 1.88. The lowest BCUT2D eigenvalue weighted by Crippen LogP contribution is -2.31. The SMILES string of the molecule is CCOC(=O)c1ccc(NC(=O)N(C)c2ccccc2)cc1. The Kier molecular flexibility index (Phi) is 5.14. The highest BCUT2D eigenvalue weighted by molar-refractivity contribution is 6.01. The second-order valence-corrected chi connectivity index (χ2v) is 4.62. The van der Waals surface area contributed by atoms with Crippen molar-refractivity contribution in [3.8, 4) is 0 Å². The molecule has 0 aliphatic carbocycles. The van der Waals surface area contributed by atoms with E-state index in [0.29, 0.717) is 17.9 Å². The van der Waals surface area contributed by atoms with Gasteiger partial charge in [-0.2, -0.15) is 0 Å². The van der Waals surface area contributed by atoms with Crippen molar-refractivity contribution in [1.29, 1.82) is 0 Å².